The summed E-state index contributed by atoms with van der Waals surface area (Å²) >= 11 is 0. The Bertz CT molecular complexity index is 727. The third-order valence-corrected chi connectivity index (χ3v) is 4.37. The molecule has 25 heavy (non-hydrogen) atoms. The highest BCUT2D eigenvalue weighted by Gasteiger charge is 2.22. The lowest BCUT2D eigenvalue weighted by Crippen LogP contribution is -2.45. The molecule has 1 unspecified atom stereocenters. The zero-order chi connectivity index (χ0) is 17.8. The standard InChI is InChI=1S/C16H23N7O2/c1-11-7-14(21-22(11)2)18-13-8-15(19-20-16(13)25-3)23-6-4-5-12(9-23)17-10-24/h7-8,10,12H,4-6,9H2,1-3H3,(H,17,24)(H,18,19,21). The van der Waals surface area contributed by atoms with Gasteiger partial charge in [-0.1, -0.05) is 0 Å². The molecule has 1 aliphatic rings. The van der Waals surface area contributed by atoms with Crippen LogP contribution in [0.15, 0.2) is 12.1 Å². The minimum absolute atomic E-state index is 0.130. The third-order valence-electron chi connectivity index (χ3n) is 4.37. The van der Waals surface area contributed by atoms with Crippen molar-refractivity contribution in [2.45, 2.75) is 25.8 Å². The Morgan fingerprint density at radius 1 is 1.36 bits per heavy atom. The summed E-state index contributed by atoms with van der Waals surface area (Å²) in [5.41, 5.74) is 1.75. The van der Waals surface area contributed by atoms with E-state index in [1.165, 1.54) is 0 Å². The van der Waals surface area contributed by atoms with Crippen molar-refractivity contribution in [2.24, 2.45) is 7.05 Å². The SMILES string of the molecule is COc1nnc(N2CCCC(NC=O)C2)cc1Nc1cc(C)n(C)n1. The largest absolute Gasteiger partial charge is 0.478 e. The maximum Gasteiger partial charge on any atom is 0.257 e. The molecule has 1 aliphatic heterocycles. The Balaban J connectivity index is 1.82. The van der Waals surface area contributed by atoms with Gasteiger partial charge in [0.25, 0.3) is 5.88 Å². The molecule has 1 fully saturated rings. The van der Waals surface area contributed by atoms with E-state index in [1.807, 2.05) is 26.1 Å². The number of nitrogens with zero attached hydrogens (tertiary/aromatic N) is 5. The van der Waals surface area contributed by atoms with Crippen molar-refractivity contribution in [3.63, 3.8) is 0 Å². The molecule has 2 aromatic heterocycles. The summed E-state index contributed by atoms with van der Waals surface area (Å²) in [6, 6.07) is 3.98. The first-order valence-corrected chi connectivity index (χ1v) is 8.24. The van der Waals surface area contributed by atoms with Crippen LogP contribution in [0.4, 0.5) is 17.3 Å². The fourth-order valence-corrected chi connectivity index (χ4v) is 2.94. The fourth-order valence-electron chi connectivity index (χ4n) is 2.94. The van der Waals surface area contributed by atoms with Crippen LogP contribution in [0.3, 0.4) is 0 Å². The second-order valence-corrected chi connectivity index (χ2v) is 6.11. The average Bonchev–Trinajstić information content (AvgIpc) is 2.93. The summed E-state index contributed by atoms with van der Waals surface area (Å²) in [6.07, 6.45) is 2.71. The van der Waals surface area contributed by atoms with E-state index in [2.05, 4.69) is 30.8 Å². The van der Waals surface area contributed by atoms with E-state index in [0.29, 0.717) is 18.1 Å². The van der Waals surface area contributed by atoms with E-state index in [9.17, 15) is 4.79 Å². The van der Waals surface area contributed by atoms with Gasteiger partial charge in [-0.25, -0.2) is 0 Å². The number of ether oxygens (including phenoxy) is 1. The van der Waals surface area contributed by atoms with Gasteiger partial charge in [0.1, 0.15) is 5.69 Å². The van der Waals surface area contributed by atoms with Gasteiger partial charge in [0.05, 0.1) is 7.11 Å². The van der Waals surface area contributed by atoms with E-state index in [4.69, 9.17) is 4.74 Å². The molecule has 3 rings (SSSR count). The number of hydrogen-bond donors (Lipinski definition) is 2. The predicted octanol–water partition coefficient (Wildman–Crippen LogP) is 0.986. The summed E-state index contributed by atoms with van der Waals surface area (Å²) in [6.45, 7) is 3.57. The van der Waals surface area contributed by atoms with Gasteiger partial charge in [0.2, 0.25) is 6.41 Å². The number of amides is 1. The van der Waals surface area contributed by atoms with Crippen LogP contribution in [0.25, 0.3) is 0 Å². The zero-order valence-electron chi connectivity index (χ0n) is 14.7. The van der Waals surface area contributed by atoms with Gasteiger partial charge in [0, 0.05) is 44.0 Å². The maximum atomic E-state index is 10.7. The highest BCUT2D eigenvalue weighted by Crippen LogP contribution is 2.29. The molecule has 1 amide bonds. The molecule has 1 atom stereocenters. The predicted molar refractivity (Wildman–Crippen MR) is 94.2 cm³/mol. The highest BCUT2D eigenvalue weighted by molar-refractivity contribution is 5.65. The molecule has 0 radical (unpaired) electrons. The summed E-state index contributed by atoms with van der Waals surface area (Å²) < 4.78 is 7.11. The summed E-state index contributed by atoms with van der Waals surface area (Å²) in [4.78, 5) is 12.8. The molecule has 2 N–H and O–H groups in total. The molecule has 9 heteroatoms. The highest BCUT2D eigenvalue weighted by atomic mass is 16.5. The van der Waals surface area contributed by atoms with Gasteiger partial charge >= 0.3 is 0 Å². The molecule has 3 heterocycles. The lowest BCUT2D eigenvalue weighted by molar-refractivity contribution is -0.110. The Hall–Kier alpha value is -2.84. The van der Waals surface area contributed by atoms with Crippen LogP contribution in [-0.2, 0) is 11.8 Å². The Labute approximate surface area is 146 Å². The molecular weight excluding hydrogens is 322 g/mol. The first-order chi connectivity index (χ1) is 12.1. The number of hydrogen-bond acceptors (Lipinski definition) is 7. The van der Waals surface area contributed by atoms with Crippen molar-refractivity contribution in [1.82, 2.24) is 25.3 Å². The minimum atomic E-state index is 0.130. The van der Waals surface area contributed by atoms with E-state index in [1.54, 1.807) is 11.8 Å². The summed E-state index contributed by atoms with van der Waals surface area (Å²) in [7, 11) is 3.45. The number of aromatic nitrogens is 4. The molecule has 9 nitrogen and oxygen atoms in total. The maximum absolute atomic E-state index is 10.7. The van der Waals surface area contributed by atoms with Gasteiger partial charge in [0.15, 0.2) is 11.6 Å². The Morgan fingerprint density at radius 2 is 2.20 bits per heavy atom. The molecular formula is C16H23N7O2. The van der Waals surface area contributed by atoms with Crippen LogP contribution < -0.4 is 20.3 Å². The lowest BCUT2D eigenvalue weighted by atomic mass is 10.1. The van der Waals surface area contributed by atoms with Gasteiger partial charge in [-0.3, -0.25) is 9.48 Å². The minimum Gasteiger partial charge on any atom is -0.478 e. The van der Waals surface area contributed by atoms with Crippen molar-refractivity contribution in [3.05, 3.63) is 17.8 Å². The second-order valence-electron chi connectivity index (χ2n) is 6.11. The first kappa shape index (κ1) is 17.0. The van der Waals surface area contributed by atoms with Crippen molar-refractivity contribution < 1.29 is 9.53 Å². The van der Waals surface area contributed by atoms with Crippen LogP contribution in [0.5, 0.6) is 5.88 Å². The van der Waals surface area contributed by atoms with Crippen LogP contribution >= 0.6 is 0 Å². The monoisotopic (exact) mass is 345 g/mol. The quantitative estimate of drug-likeness (QED) is 0.753. The van der Waals surface area contributed by atoms with E-state index in [0.717, 1.165) is 43.1 Å². The van der Waals surface area contributed by atoms with Crippen LogP contribution in [-0.4, -0.2) is 52.6 Å². The molecule has 0 bridgehead atoms. The van der Waals surface area contributed by atoms with Crippen molar-refractivity contribution >= 4 is 23.7 Å². The fraction of sp³-hybridized carbons (Fsp3) is 0.500. The summed E-state index contributed by atoms with van der Waals surface area (Å²) in [5.74, 6) is 1.87. The van der Waals surface area contributed by atoms with Gasteiger partial charge in [-0.15, -0.1) is 10.2 Å². The molecule has 0 spiro atoms. The Kier molecular flexibility index (Phi) is 5.01. The van der Waals surface area contributed by atoms with Gasteiger partial charge in [-0.05, 0) is 19.8 Å². The van der Waals surface area contributed by atoms with Crippen molar-refractivity contribution in [1.29, 1.82) is 0 Å². The molecule has 0 saturated carbocycles. The zero-order valence-corrected chi connectivity index (χ0v) is 14.7. The van der Waals surface area contributed by atoms with Gasteiger partial charge in [-0.2, -0.15) is 5.10 Å². The second kappa shape index (κ2) is 7.37. The number of rotatable bonds is 6. The van der Waals surface area contributed by atoms with Crippen LogP contribution in [0.2, 0.25) is 0 Å². The average molecular weight is 345 g/mol. The van der Waals surface area contributed by atoms with Gasteiger partial charge < -0.3 is 20.3 Å². The van der Waals surface area contributed by atoms with Crippen molar-refractivity contribution in [3.8, 4) is 5.88 Å². The first-order valence-electron chi connectivity index (χ1n) is 8.24. The van der Waals surface area contributed by atoms with E-state index < -0.39 is 0 Å². The van der Waals surface area contributed by atoms with E-state index in [-0.39, 0.29) is 6.04 Å². The number of piperidine rings is 1. The number of carbonyl (C=O) groups excluding carboxylic acids is 1. The van der Waals surface area contributed by atoms with Crippen LogP contribution in [0.1, 0.15) is 18.5 Å². The number of carbonyl (C=O) groups is 1. The molecule has 0 aromatic carbocycles. The third kappa shape index (κ3) is 3.81. The number of methoxy groups -OCH3 is 1. The number of nitrogens with one attached hydrogen (secondary N) is 2. The lowest BCUT2D eigenvalue weighted by Gasteiger charge is -2.33. The molecule has 134 valence electrons. The smallest absolute Gasteiger partial charge is 0.257 e. The van der Waals surface area contributed by atoms with Crippen molar-refractivity contribution in [2.75, 3.05) is 30.4 Å². The number of aryl methyl sites for hydroxylation is 2. The summed E-state index contributed by atoms with van der Waals surface area (Å²) in [5, 5.41) is 18.9. The topological polar surface area (TPSA) is 97.2 Å². The number of anilines is 3. The Morgan fingerprint density at radius 3 is 2.88 bits per heavy atom. The molecule has 1 saturated heterocycles. The molecule has 2 aromatic rings. The van der Waals surface area contributed by atoms with E-state index >= 15 is 0 Å². The molecule has 0 aliphatic carbocycles. The van der Waals surface area contributed by atoms with Crippen LogP contribution in [0, 0.1) is 6.92 Å². The normalized spacial score (nSPS) is 17.2.